The average Bonchev–Trinajstić information content (AvgIpc) is 3.28. The predicted molar refractivity (Wildman–Crippen MR) is 141 cm³/mol. The molecule has 0 spiro atoms. The third-order valence-electron chi connectivity index (χ3n) is 6.54. The zero-order valence-electron chi connectivity index (χ0n) is 19.7. The van der Waals surface area contributed by atoms with Crippen LogP contribution >= 0.6 is 0 Å². The largest absolute Gasteiger partial charge is 0.294 e. The molecular weight excluding hydrogens is 482 g/mol. The first kappa shape index (κ1) is 21.6. The molecule has 6 aromatic rings. The van der Waals surface area contributed by atoms with Crippen molar-refractivity contribution >= 4 is 20.9 Å². The molecule has 0 N–H and O–H groups in total. The summed E-state index contributed by atoms with van der Waals surface area (Å²) in [4.78, 5) is 19.3. The van der Waals surface area contributed by atoms with Crippen molar-refractivity contribution in [3.8, 4) is 39.9 Å². The maximum Gasteiger partial charge on any atom is 0.210 e. The van der Waals surface area contributed by atoms with Crippen LogP contribution in [0.15, 0.2) is 107 Å². The fourth-order valence-electron chi connectivity index (χ4n) is 4.83. The lowest BCUT2D eigenvalue weighted by Gasteiger charge is -2.21. The van der Waals surface area contributed by atoms with Gasteiger partial charge in [0, 0.05) is 16.7 Å². The zero-order chi connectivity index (χ0) is 25.1. The molecule has 0 amide bonds. The highest BCUT2D eigenvalue weighted by Crippen LogP contribution is 2.40. The van der Waals surface area contributed by atoms with Crippen LogP contribution < -0.4 is 0 Å². The van der Waals surface area contributed by atoms with Gasteiger partial charge in [0.1, 0.15) is 5.82 Å². The van der Waals surface area contributed by atoms with Crippen molar-refractivity contribution in [2.45, 2.75) is 16.7 Å². The van der Waals surface area contributed by atoms with Gasteiger partial charge in [-0.1, -0.05) is 66.7 Å². The van der Waals surface area contributed by atoms with Gasteiger partial charge >= 0.3 is 0 Å². The maximum atomic E-state index is 13.8. The summed E-state index contributed by atoms with van der Waals surface area (Å²) < 4.78 is 29.4. The summed E-state index contributed by atoms with van der Waals surface area (Å²) in [5, 5.41) is 0. The smallest absolute Gasteiger partial charge is 0.210 e. The van der Waals surface area contributed by atoms with E-state index in [2.05, 4.69) is 4.98 Å². The van der Waals surface area contributed by atoms with E-state index < -0.39 is 9.84 Å². The van der Waals surface area contributed by atoms with E-state index in [1.807, 2.05) is 84.3 Å². The summed E-state index contributed by atoms with van der Waals surface area (Å²) in [5.74, 6) is 2.16. The van der Waals surface area contributed by atoms with E-state index >= 15 is 0 Å². The Balaban J connectivity index is 1.47. The summed E-state index contributed by atoms with van der Waals surface area (Å²) in [6.45, 7) is 1.88. The lowest BCUT2D eigenvalue weighted by molar-refractivity contribution is 0.594. The van der Waals surface area contributed by atoms with E-state index in [1.165, 1.54) is 0 Å². The Hall–Kier alpha value is -4.69. The molecule has 7 nitrogen and oxygen atoms in total. The Morgan fingerprint density at radius 2 is 1.19 bits per heavy atom. The SMILES string of the molecule is Cc1nc2cccc3c2n1-c1ccc(-c2nc(-c4ccccc4)nc(-c4ccccc4)n2)cc1S3(=O)=O. The van der Waals surface area contributed by atoms with Crippen LogP contribution in [-0.2, 0) is 9.84 Å². The topological polar surface area (TPSA) is 90.6 Å². The number of sulfone groups is 1. The second-order valence-corrected chi connectivity index (χ2v) is 10.7. The van der Waals surface area contributed by atoms with Gasteiger partial charge in [0.05, 0.1) is 26.5 Å². The van der Waals surface area contributed by atoms with Crippen LogP contribution in [0.1, 0.15) is 5.82 Å². The van der Waals surface area contributed by atoms with Gasteiger partial charge in [0.25, 0.3) is 0 Å². The monoisotopic (exact) mass is 501 g/mol. The minimum Gasteiger partial charge on any atom is -0.294 e. The first-order chi connectivity index (χ1) is 18.0. The number of aromatic nitrogens is 5. The van der Waals surface area contributed by atoms with Crippen LogP contribution in [0.2, 0.25) is 0 Å². The van der Waals surface area contributed by atoms with E-state index in [1.54, 1.807) is 24.3 Å². The Morgan fingerprint density at radius 3 is 1.81 bits per heavy atom. The normalized spacial score (nSPS) is 13.4. The fraction of sp³-hybridized carbons (Fsp3) is 0.0345. The summed E-state index contributed by atoms with van der Waals surface area (Å²) in [6, 6.07) is 29.9. The third-order valence-corrected chi connectivity index (χ3v) is 8.36. The molecule has 4 aromatic carbocycles. The number of hydrogen-bond acceptors (Lipinski definition) is 6. The van der Waals surface area contributed by atoms with Gasteiger partial charge in [-0.15, -0.1) is 0 Å². The highest BCUT2D eigenvalue weighted by molar-refractivity contribution is 7.92. The molecule has 0 bridgehead atoms. The Morgan fingerprint density at radius 1 is 0.595 bits per heavy atom. The van der Waals surface area contributed by atoms with E-state index in [0.717, 1.165) is 17.0 Å². The highest BCUT2D eigenvalue weighted by Gasteiger charge is 2.33. The Bertz CT molecular complexity index is 1890. The Labute approximate surface area is 213 Å². The molecule has 8 heteroatoms. The maximum absolute atomic E-state index is 13.8. The molecule has 0 fully saturated rings. The summed E-state index contributed by atoms with van der Waals surface area (Å²) in [7, 11) is -3.78. The molecule has 3 heterocycles. The van der Waals surface area contributed by atoms with Crippen LogP contribution in [0.4, 0.5) is 0 Å². The Kier molecular flexibility index (Phi) is 4.61. The van der Waals surface area contributed by atoms with Gasteiger partial charge in [-0.05, 0) is 37.3 Å². The van der Waals surface area contributed by atoms with Crippen molar-refractivity contribution in [2.24, 2.45) is 0 Å². The molecule has 178 valence electrons. The number of imidazole rings is 1. The molecule has 7 rings (SSSR count). The third kappa shape index (κ3) is 3.30. The van der Waals surface area contributed by atoms with Crippen molar-refractivity contribution in [1.82, 2.24) is 24.5 Å². The molecule has 0 saturated carbocycles. The quantitative estimate of drug-likeness (QED) is 0.310. The highest BCUT2D eigenvalue weighted by atomic mass is 32.2. The van der Waals surface area contributed by atoms with Gasteiger partial charge in [-0.3, -0.25) is 4.57 Å². The van der Waals surface area contributed by atoms with Crippen molar-refractivity contribution in [3.63, 3.8) is 0 Å². The summed E-state index contributed by atoms with van der Waals surface area (Å²) >= 11 is 0. The fourth-order valence-corrected chi connectivity index (χ4v) is 6.49. The van der Waals surface area contributed by atoms with Gasteiger partial charge in [0.2, 0.25) is 9.84 Å². The molecule has 0 saturated heterocycles. The van der Waals surface area contributed by atoms with Crippen LogP contribution in [0.25, 0.3) is 50.9 Å². The molecule has 0 unspecified atom stereocenters. The average molecular weight is 502 g/mol. The molecule has 0 aliphatic carbocycles. The number of aryl methyl sites for hydroxylation is 1. The van der Waals surface area contributed by atoms with Crippen LogP contribution in [0.5, 0.6) is 0 Å². The van der Waals surface area contributed by atoms with Crippen molar-refractivity contribution in [3.05, 3.63) is 103 Å². The molecule has 0 radical (unpaired) electrons. The first-order valence-electron chi connectivity index (χ1n) is 11.8. The second kappa shape index (κ2) is 7.91. The van der Waals surface area contributed by atoms with Crippen molar-refractivity contribution in [2.75, 3.05) is 0 Å². The summed E-state index contributed by atoms with van der Waals surface area (Å²) in [6.07, 6.45) is 0. The number of para-hydroxylation sites is 1. The van der Waals surface area contributed by atoms with Gasteiger partial charge < -0.3 is 0 Å². The first-order valence-corrected chi connectivity index (χ1v) is 13.2. The van der Waals surface area contributed by atoms with Crippen molar-refractivity contribution < 1.29 is 8.42 Å². The number of rotatable bonds is 3. The minimum absolute atomic E-state index is 0.203. The molecular formula is C29H19N5O2S. The standard InChI is InChI=1S/C29H19N5O2S/c1-18-30-22-13-8-14-24-26(22)34(18)23-16-15-21(17-25(23)37(24,35)36)29-32-27(19-9-4-2-5-10-19)31-28(33-29)20-11-6-3-7-12-20/h2-17H,1H3. The van der Waals surface area contributed by atoms with Gasteiger partial charge in [-0.2, -0.15) is 0 Å². The van der Waals surface area contributed by atoms with Gasteiger partial charge in [-0.25, -0.2) is 28.4 Å². The lowest BCUT2D eigenvalue weighted by Crippen LogP contribution is -2.15. The predicted octanol–water partition coefficient (Wildman–Crippen LogP) is 5.67. The van der Waals surface area contributed by atoms with E-state index in [0.29, 0.717) is 39.8 Å². The molecule has 0 atom stereocenters. The van der Waals surface area contributed by atoms with E-state index in [9.17, 15) is 8.42 Å². The van der Waals surface area contributed by atoms with Crippen LogP contribution in [-0.4, -0.2) is 32.9 Å². The zero-order valence-corrected chi connectivity index (χ0v) is 20.5. The molecule has 1 aliphatic heterocycles. The van der Waals surface area contributed by atoms with Gasteiger partial charge in [0.15, 0.2) is 17.5 Å². The number of hydrogen-bond donors (Lipinski definition) is 0. The van der Waals surface area contributed by atoms with Crippen molar-refractivity contribution in [1.29, 1.82) is 0 Å². The minimum atomic E-state index is -3.78. The number of benzene rings is 4. The molecule has 2 aromatic heterocycles. The lowest BCUT2D eigenvalue weighted by atomic mass is 10.1. The van der Waals surface area contributed by atoms with Crippen LogP contribution in [0.3, 0.4) is 0 Å². The van der Waals surface area contributed by atoms with E-state index in [-0.39, 0.29) is 9.79 Å². The molecule has 1 aliphatic rings. The molecule has 37 heavy (non-hydrogen) atoms. The van der Waals surface area contributed by atoms with E-state index in [4.69, 9.17) is 15.0 Å². The number of nitrogens with zero attached hydrogens (tertiary/aromatic N) is 5. The summed E-state index contributed by atoms with van der Waals surface area (Å²) in [5.41, 5.74) is 4.12. The second-order valence-electron chi connectivity index (χ2n) is 8.84. The number of fused-ring (bicyclic) bond motifs is 2. The van der Waals surface area contributed by atoms with Crippen LogP contribution in [0, 0.1) is 6.92 Å².